The lowest BCUT2D eigenvalue weighted by molar-refractivity contribution is -0.122. The maximum atomic E-state index is 12.5. The number of benzene rings is 1. The minimum Gasteiger partial charge on any atom is -0.391 e. The molecule has 0 aliphatic rings. The van der Waals surface area contributed by atoms with Crippen molar-refractivity contribution in [3.05, 3.63) is 35.9 Å². The molecule has 9 heteroatoms. The average molecular weight is 523 g/mol. The van der Waals surface area contributed by atoms with Gasteiger partial charge in [-0.3, -0.25) is 9.59 Å². The zero-order chi connectivity index (χ0) is 26.8. The average Bonchev–Trinajstić information content (AvgIpc) is 2.86. The van der Waals surface area contributed by atoms with Gasteiger partial charge in [-0.1, -0.05) is 43.7 Å². The summed E-state index contributed by atoms with van der Waals surface area (Å²) in [6.45, 7) is 4.94. The summed E-state index contributed by atoms with van der Waals surface area (Å²) in [5, 5.41) is 15.8. The van der Waals surface area contributed by atoms with Crippen LogP contribution in [0.3, 0.4) is 0 Å². The van der Waals surface area contributed by atoms with Gasteiger partial charge in [0, 0.05) is 31.5 Å². The van der Waals surface area contributed by atoms with E-state index in [-0.39, 0.29) is 36.2 Å². The summed E-state index contributed by atoms with van der Waals surface area (Å²) in [5.41, 5.74) is 12.7. The topological polar surface area (TPSA) is 148 Å². The van der Waals surface area contributed by atoms with Gasteiger partial charge in [-0.2, -0.15) is 0 Å². The molecule has 1 aromatic carbocycles. The van der Waals surface area contributed by atoms with Crippen molar-refractivity contribution in [1.29, 1.82) is 0 Å². The van der Waals surface area contributed by atoms with Crippen LogP contribution in [0.5, 0.6) is 0 Å². The van der Waals surface area contributed by atoms with Gasteiger partial charge in [-0.25, -0.2) is 0 Å². The number of carbonyl (C=O) groups is 3. The molecule has 1 rings (SSSR count). The number of hydrogen-bond acceptors (Lipinski definition) is 7. The highest BCUT2D eigenvalue weighted by Crippen LogP contribution is 2.21. The van der Waals surface area contributed by atoms with Crippen molar-refractivity contribution in [2.45, 2.75) is 88.7 Å². The number of nitrogens with one attached hydrogen (secondary N) is 2. The predicted octanol–water partition coefficient (Wildman–Crippen LogP) is 2.16. The number of hydrogen-bond donors (Lipinski definition) is 5. The molecular weight excluding hydrogens is 476 g/mol. The van der Waals surface area contributed by atoms with E-state index in [2.05, 4.69) is 22.8 Å². The maximum absolute atomic E-state index is 12.5. The maximum Gasteiger partial charge on any atom is 0.233 e. The van der Waals surface area contributed by atoms with Crippen LogP contribution in [-0.2, 0) is 20.8 Å². The number of aliphatic hydroxyl groups excluding tert-OH is 1. The fourth-order valence-electron chi connectivity index (χ4n) is 3.93. The summed E-state index contributed by atoms with van der Waals surface area (Å²) in [6, 6.07) is 9.81. The highest BCUT2D eigenvalue weighted by atomic mass is 32.2. The van der Waals surface area contributed by atoms with E-state index in [1.807, 2.05) is 32.0 Å². The Morgan fingerprint density at radius 3 is 2.50 bits per heavy atom. The van der Waals surface area contributed by atoms with Crippen LogP contribution >= 0.6 is 11.8 Å². The van der Waals surface area contributed by atoms with Gasteiger partial charge in [-0.05, 0) is 62.8 Å². The highest BCUT2D eigenvalue weighted by Gasteiger charge is 2.25. The first-order valence-electron chi connectivity index (χ1n) is 13.1. The molecule has 5 unspecified atom stereocenters. The Labute approximate surface area is 220 Å². The Kier molecular flexibility index (Phi) is 17.1. The number of amides is 2. The third-order valence-electron chi connectivity index (χ3n) is 6.10. The molecule has 8 nitrogen and oxygen atoms in total. The van der Waals surface area contributed by atoms with Crippen LogP contribution in [0, 0.1) is 5.92 Å². The molecule has 0 heterocycles. The molecule has 0 saturated carbocycles. The van der Waals surface area contributed by atoms with E-state index in [1.165, 1.54) is 17.3 Å². The summed E-state index contributed by atoms with van der Waals surface area (Å²) in [5.74, 6) is 0.297. The molecule has 0 fully saturated rings. The van der Waals surface area contributed by atoms with Crippen LogP contribution in [-0.4, -0.2) is 65.5 Å². The number of rotatable bonds is 20. The fraction of sp³-hybridized carbons (Fsp3) is 0.667. The van der Waals surface area contributed by atoms with Crippen molar-refractivity contribution in [2.24, 2.45) is 17.4 Å². The zero-order valence-corrected chi connectivity index (χ0v) is 22.7. The van der Waals surface area contributed by atoms with Gasteiger partial charge in [-0.15, -0.1) is 11.8 Å². The van der Waals surface area contributed by atoms with E-state index in [4.69, 9.17) is 11.5 Å². The lowest BCUT2D eigenvalue weighted by Gasteiger charge is -2.25. The normalized spacial score (nSPS) is 15.4. The zero-order valence-electron chi connectivity index (χ0n) is 21.9. The molecule has 5 atom stereocenters. The molecule has 0 aliphatic carbocycles. The molecule has 0 bridgehead atoms. The van der Waals surface area contributed by atoms with E-state index < -0.39 is 11.4 Å². The molecule has 0 radical (unpaired) electrons. The van der Waals surface area contributed by atoms with Crippen molar-refractivity contribution in [2.75, 3.05) is 18.8 Å². The van der Waals surface area contributed by atoms with E-state index in [9.17, 15) is 19.5 Å². The number of aliphatic hydroxyl groups is 1. The van der Waals surface area contributed by atoms with Crippen LogP contribution in [0.1, 0.15) is 64.4 Å². The van der Waals surface area contributed by atoms with E-state index >= 15 is 0 Å². The highest BCUT2D eigenvalue weighted by molar-refractivity contribution is 8.00. The van der Waals surface area contributed by atoms with Gasteiger partial charge in [0.25, 0.3) is 0 Å². The fourth-order valence-corrected chi connectivity index (χ4v) is 5.11. The standard InChI is InChI=1S/C27H46N4O4S/c1-20(26(34)23(29)12-9-15-28)19-36-24(14-17-32)27(35)30-16-8-4-7-13-25(33)31-21(2)18-22-10-5-3-6-11-22/h3,5-6,10-11,17,20-21,23-24,26,34H,4,7-9,12-16,18-19,28-29H2,1-2H3,(H,30,35)(H,31,33). The number of carbonyl (C=O) groups excluding carboxylic acids is 3. The van der Waals surface area contributed by atoms with E-state index in [0.717, 1.165) is 38.4 Å². The molecule has 36 heavy (non-hydrogen) atoms. The SMILES string of the molecule is CC(Cc1ccccc1)NC(=O)CCCCCNC(=O)C(CC=O)SCC(C)C(O)C(N)CCCN. The third-order valence-corrected chi connectivity index (χ3v) is 7.63. The second-order valence-corrected chi connectivity index (χ2v) is 10.8. The van der Waals surface area contributed by atoms with Crippen LogP contribution in [0.25, 0.3) is 0 Å². The monoisotopic (exact) mass is 522 g/mol. The smallest absolute Gasteiger partial charge is 0.233 e. The predicted molar refractivity (Wildman–Crippen MR) is 148 cm³/mol. The Morgan fingerprint density at radius 2 is 1.83 bits per heavy atom. The largest absolute Gasteiger partial charge is 0.391 e. The third kappa shape index (κ3) is 14.0. The van der Waals surface area contributed by atoms with Gasteiger partial charge < -0.3 is 32.0 Å². The van der Waals surface area contributed by atoms with Gasteiger partial charge in [0.2, 0.25) is 11.8 Å². The molecule has 2 amide bonds. The first kappa shape index (κ1) is 32.1. The van der Waals surface area contributed by atoms with E-state index in [0.29, 0.717) is 31.7 Å². The molecule has 204 valence electrons. The Hall–Kier alpha value is -1.94. The first-order valence-corrected chi connectivity index (χ1v) is 14.1. The summed E-state index contributed by atoms with van der Waals surface area (Å²) < 4.78 is 0. The molecule has 1 aromatic rings. The van der Waals surface area contributed by atoms with Crippen LogP contribution in [0.15, 0.2) is 30.3 Å². The van der Waals surface area contributed by atoms with Crippen LogP contribution < -0.4 is 22.1 Å². The molecule has 0 spiro atoms. The van der Waals surface area contributed by atoms with Crippen molar-refractivity contribution in [3.63, 3.8) is 0 Å². The molecular formula is C27H46N4O4S. The Bertz CT molecular complexity index is 753. The summed E-state index contributed by atoms with van der Waals surface area (Å²) in [7, 11) is 0. The number of thioether (sulfide) groups is 1. The van der Waals surface area contributed by atoms with Gasteiger partial charge in [0.05, 0.1) is 11.4 Å². The number of nitrogens with two attached hydrogens (primary N) is 2. The number of aldehydes is 1. The summed E-state index contributed by atoms with van der Waals surface area (Å²) >= 11 is 1.37. The minimum absolute atomic E-state index is 0.0453. The lowest BCUT2D eigenvalue weighted by Crippen LogP contribution is -2.41. The van der Waals surface area contributed by atoms with Crippen molar-refractivity contribution in [1.82, 2.24) is 10.6 Å². The van der Waals surface area contributed by atoms with Crippen molar-refractivity contribution >= 4 is 29.9 Å². The molecule has 0 aromatic heterocycles. The lowest BCUT2D eigenvalue weighted by atomic mass is 9.97. The quantitative estimate of drug-likeness (QED) is 0.130. The number of unbranched alkanes of at least 4 members (excludes halogenated alkanes) is 2. The Morgan fingerprint density at radius 1 is 1.11 bits per heavy atom. The van der Waals surface area contributed by atoms with Crippen molar-refractivity contribution in [3.8, 4) is 0 Å². The van der Waals surface area contributed by atoms with Gasteiger partial charge in [0.1, 0.15) is 6.29 Å². The molecule has 0 aliphatic heterocycles. The van der Waals surface area contributed by atoms with Crippen LogP contribution in [0.4, 0.5) is 0 Å². The second-order valence-electron chi connectivity index (χ2n) is 9.55. The van der Waals surface area contributed by atoms with Gasteiger partial charge >= 0.3 is 0 Å². The summed E-state index contributed by atoms with van der Waals surface area (Å²) in [4.78, 5) is 35.8. The molecule has 7 N–H and O–H groups in total. The van der Waals surface area contributed by atoms with Crippen LogP contribution in [0.2, 0.25) is 0 Å². The molecule has 0 saturated heterocycles. The second kappa shape index (κ2) is 19.2. The minimum atomic E-state index is -0.678. The Balaban J connectivity index is 2.23. The van der Waals surface area contributed by atoms with E-state index in [1.54, 1.807) is 0 Å². The van der Waals surface area contributed by atoms with Gasteiger partial charge in [0.15, 0.2) is 0 Å². The van der Waals surface area contributed by atoms with Crippen molar-refractivity contribution < 1.29 is 19.5 Å². The first-order chi connectivity index (χ1) is 17.3. The summed E-state index contributed by atoms with van der Waals surface area (Å²) in [6.07, 6.45) is 5.22.